The third kappa shape index (κ3) is 7.66. The highest BCUT2D eigenvalue weighted by Crippen LogP contribution is 2.35. The maximum Gasteiger partial charge on any atom is 0.244 e. The second-order valence-electron chi connectivity index (χ2n) is 9.03. The molecular weight excluding hydrogens is 561 g/mol. The van der Waals surface area contributed by atoms with Crippen LogP contribution in [0, 0.1) is 0 Å². The molecule has 0 heterocycles. The van der Waals surface area contributed by atoms with Gasteiger partial charge in [-0.15, -0.1) is 0 Å². The summed E-state index contributed by atoms with van der Waals surface area (Å²) in [6, 6.07) is 8.90. The molecule has 2 amide bonds. The highest BCUT2D eigenvalue weighted by Gasteiger charge is 2.32. The number of methoxy groups -OCH3 is 1. The summed E-state index contributed by atoms with van der Waals surface area (Å²) < 4.78 is 31.6. The van der Waals surface area contributed by atoms with Gasteiger partial charge in [0.25, 0.3) is 0 Å². The summed E-state index contributed by atoms with van der Waals surface area (Å²) in [5.41, 5.74) is 0.725. The average molecular weight is 591 g/mol. The summed E-state index contributed by atoms with van der Waals surface area (Å²) in [5.74, 6) is -0.306. The zero-order chi connectivity index (χ0) is 27.3. The largest absolute Gasteiger partial charge is 0.497 e. The smallest absolute Gasteiger partial charge is 0.244 e. The number of hydrogen-bond acceptors (Lipinski definition) is 5. The molecule has 37 heavy (non-hydrogen) atoms. The number of carbonyl (C=O) groups is 2. The molecule has 1 N–H and O–H groups in total. The Bertz CT molecular complexity index is 1250. The molecule has 0 bridgehead atoms. The Morgan fingerprint density at radius 1 is 1.08 bits per heavy atom. The number of hydrogen-bond donors (Lipinski definition) is 1. The van der Waals surface area contributed by atoms with Crippen molar-refractivity contribution in [2.75, 3.05) is 24.2 Å². The van der Waals surface area contributed by atoms with Crippen LogP contribution >= 0.6 is 34.8 Å². The highest BCUT2D eigenvalue weighted by atomic mass is 35.5. The van der Waals surface area contributed by atoms with Crippen molar-refractivity contribution >= 4 is 62.3 Å². The summed E-state index contributed by atoms with van der Waals surface area (Å²) >= 11 is 18.4. The second-order valence-corrected chi connectivity index (χ2v) is 12.2. The lowest BCUT2D eigenvalue weighted by Crippen LogP contribution is -2.52. The molecule has 1 aliphatic rings. The first kappa shape index (κ1) is 29.4. The summed E-state index contributed by atoms with van der Waals surface area (Å²) in [6.07, 6.45) is 4.82. The van der Waals surface area contributed by atoms with E-state index in [1.165, 1.54) is 24.1 Å². The Kier molecular flexibility index (Phi) is 9.97. The molecule has 1 aliphatic carbocycles. The summed E-state index contributed by atoms with van der Waals surface area (Å²) in [6.45, 7) is 1.09. The van der Waals surface area contributed by atoms with Gasteiger partial charge < -0.3 is 15.0 Å². The maximum absolute atomic E-state index is 13.7. The van der Waals surface area contributed by atoms with E-state index in [0.29, 0.717) is 11.3 Å². The van der Waals surface area contributed by atoms with Gasteiger partial charge in [-0.1, -0.05) is 59.8 Å². The molecule has 0 radical (unpaired) electrons. The van der Waals surface area contributed by atoms with Crippen LogP contribution in [0.15, 0.2) is 36.4 Å². The van der Waals surface area contributed by atoms with Crippen molar-refractivity contribution < 1.29 is 22.7 Å². The predicted molar refractivity (Wildman–Crippen MR) is 147 cm³/mol. The molecule has 1 atom stereocenters. The Morgan fingerprint density at radius 2 is 1.73 bits per heavy atom. The number of nitrogens with one attached hydrogen (secondary N) is 1. The molecule has 202 valence electrons. The minimum atomic E-state index is -3.97. The number of carbonyl (C=O) groups excluding carboxylic acids is 2. The number of amides is 2. The lowest BCUT2D eigenvalue weighted by molar-refractivity contribution is -0.139. The molecule has 2 aromatic carbocycles. The quantitative estimate of drug-likeness (QED) is 0.397. The van der Waals surface area contributed by atoms with Gasteiger partial charge in [0, 0.05) is 12.6 Å². The first-order chi connectivity index (χ1) is 17.4. The first-order valence-electron chi connectivity index (χ1n) is 11.8. The van der Waals surface area contributed by atoms with Crippen LogP contribution in [-0.4, -0.2) is 57.1 Å². The number of rotatable bonds is 10. The van der Waals surface area contributed by atoms with Gasteiger partial charge in [-0.3, -0.25) is 13.9 Å². The standard InChI is InChI=1S/C25H30Cl3N3O5S/c1-16(25(33)29-18-8-4-5-9-18)30(14-17-7-6-10-19(11-17)36-2)24(32)15-31(37(3,34)35)23-13-21(27)20(26)12-22(23)28/h6-7,10-13,16,18H,4-5,8-9,14-15H2,1-3H3,(H,29,33)/t16-/m0/s1. The maximum atomic E-state index is 13.7. The van der Waals surface area contributed by atoms with E-state index in [2.05, 4.69) is 5.32 Å². The van der Waals surface area contributed by atoms with Crippen LogP contribution in [-0.2, 0) is 26.2 Å². The van der Waals surface area contributed by atoms with Crippen molar-refractivity contribution in [2.24, 2.45) is 0 Å². The van der Waals surface area contributed by atoms with Gasteiger partial charge in [-0.25, -0.2) is 8.42 Å². The zero-order valence-electron chi connectivity index (χ0n) is 20.8. The lowest BCUT2D eigenvalue weighted by atomic mass is 10.1. The van der Waals surface area contributed by atoms with Crippen LogP contribution in [0.25, 0.3) is 0 Å². The van der Waals surface area contributed by atoms with Gasteiger partial charge in [0.05, 0.1) is 34.1 Å². The summed E-state index contributed by atoms with van der Waals surface area (Å²) in [4.78, 5) is 28.2. The molecule has 0 spiro atoms. The van der Waals surface area contributed by atoms with E-state index in [-0.39, 0.29) is 39.2 Å². The van der Waals surface area contributed by atoms with E-state index in [0.717, 1.165) is 36.2 Å². The van der Waals surface area contributed by atoms with Crippen LogP contribution in [0.1, 0.15) is 38.2 Å². The molecule has 0 aromatic heterocycles. The number of benzene rings is 2. The van der Waals surface area contributed by atoms with Crippen molar-refractivity contribution in [1.82, 2.24) is 10.2 Å². The fourth-order valence-corrected chi connectivity index (χ4v) is 5.79. The molecule has 0 aliphatic heterocycles. The molecule has 1 saturated carbocycles. The van der Waals surface area contributed by atoms with E-state index in [1.54, 1.807) is 31.2 Å². The molecule has 2 aromatic rings. The highest BCUT2D eigenvalue weighted by molar-refractivity contribution is 7.92. The Morgan fingerprint density at radius 3 is 2.35 bits per heavy atom. The summed E-state index contributed by atoms with van der Waals surface area (Å²) in [5, 5.41) is 3.26. The third-order valence-corrected chi connectivity index (χ3v) is 8.44. The number of sulfonamides is 1. The molecular formula is C25H30Cl3N3O5S. The van der Waals surface area contributed by atoms with Crippen LogP contribution in [0.5, 0.6) is 5.75 Å². The van der Waals surface area contributed by atoms with Crippen molar-refractivity contribution in [2.45, 2.75) is 51.2 Å². The van der Waals surface area contributed by atoms with Crippen molar-refractivity contribution in [3.63, 3.8) is 0 Å². The van der Waals surface area contributed by atoms with Crippen LogP contribution in [0.4, 0.5) is 5.69 Å². The predicted octanol–water partition coefficient (Wildman–Crippen LogP) is 4.90. The van der Waals surface area contributed by atoms with Gasteiger partial charge >= 0.3 is 0 Å². The molecule has 1 fully saturated rings. The Balaban J connectivity index is 1.94. The molecule has 0 saturated heterocycles. The molecule has 12 heteroatoms. The fourth-order valence-electron chi connectivity index (χ4n) is 4.24. The monoisotopic (exact) mass is 589 g/mol. The van der Waals surface area contributed by atoms with Crippen molar-refractivity contribution in [1.29, 1.82) is 0 Å². The van der Waals surface area contributed by atoms with Crippen LogP contribution in [0.2, 0.25) is 15.1 Å². The average Bonchev–Trinajstić information content (AvgIpc) is 3.35. The van der Waals surface area contributed by atoms with Crippen molar-refractivity contribution in [3.8, 4) is 5.75 Å². The lowest BCUT2D eigenvalue weighted by Gasteiger charge is -2.32. The normalized spacial score (nSPS) is 14.8. The number of ether oxygens (including phenoxy) is 1. The van der Waals surface area contributed by atoms with E-state index >= 15 is 0 Å². The zero-order valence-corrected chi connectivity index (χ0v) is 23.9. The molecule has 3 rings (SSSR count). The first-order valence-corrected chi connectivity index (χ1v) is 14.7. The van der Waals surface area contributed by atoms with Gasteiger partial charge in [-0.05, 0) is 49.6 Å². The van der Waals surface area contributed by atoms with Gasteiger partial charge in [0.2, 0.25) is 21.8 Å². The SMILES string of the molecule is COc1cccc(CN(C(=O)CN(c2cc(Cl)c(Cl)cc2Cl)S(C)(=O)=O)[C@@H](C)C(=O)NC2CCCC2)c1. The van der Waals surface area contributed by atoms with Crippen LogP contribution in [0.3, 0.4) is 0 Å². The number of halogens is 3. The molecule has 8 nitrogen and oxygen atoms in total. The minimum absolute atomic E-state index is 0.0105. The second kappa shape index (κ2) is 12.6. The van der Waals surface area contributed by atoms with Gasteiger partial charge in [0.1, 0.15) is 18.3 Å². The van der Waals surface area contributed by atoms with Gasteiger partial charge in [0.15, 0.2) is 0 Å². The van der Waals surface area contributed by atoms with E-state index in [9.17, 15) is 18.0 Å². The van der Waals surface area contributed by atoms with Gasteiger partial charge in [-0.2, -0.15) is 0 Å². The summed E-state index contributed by atoms with van der Waals surface area (Å²) in [7, 11) is -2.44. The number of nitrogens with zero attached hydrogens (tertiary/aromatic N) is 2. The van der Waals surface area contributed by atoms with E-state index < -0.39 is 28.5 Å². The minimum Gasteiger partial charge on any atom is -0.497 e. The van der Waals surface area contributed by atoms with E-state index in [1.807, 2.05) is 0 Å². The fraction of sp³-hybridized carbons (Fsp3) is 0.440. The topological polar surface area (TPSA) is 96.0 Å². The number of anilines is 1. The van der Waals surface area contributed by atoms with E-state index in [4.69, 9.17) is 39.5 Å². The van der Waals surface area contributed by atoms with Crippen LogP contribution < -0.4 is 14.4 Å². The Labute approximate surface area is 232 Å². The third-order valence-electron chi connectivity index (χ3n) is 6.29. The van der Waals surface area contributed by atoms with Crippen molar-refractivity contribution in [3.05, 3.63) is 57.0 Å². The Hall–Kier alpha value is -2.20. The molecule has 0 unspecified atom stereocenters.